The van der Waals surface area contributed by atoms with Crippen molar-refractivity contribution in [2.75, 3.05) is 0 Å². The van der Waals surface area contributed by atoms with E-state index in [0.29, 0.717) is 30.5 Å². The van der Waals surface area contributed by atoms with Crippen molar-refractivity contribution in [1.29, 1.82) is 0 Å². The molecule has 1 unspecified atom stereocenters. The third-order valence-corrected chi connectivity index (χ3v) is 4.23. The van der Waals surface area contributed by atoms with Gasteiger partial charge in [-0.15, -0.1) is 11.3 Å². The van der Waals surface area contributed by atoms with E-state index in [-0.39, 0.29) is 11.9 Å². The van der Waals surface area contributed by atoms with Gasteiger partial charge in [0.1, 0.15) is 0 Å². The number of aryl methyl sites for hydroxylation is 1. The molecular weight excluding hydrogens is 298 g/mol. The van der Waals surface area contributed by atoms with Crippen LogP contribution in [0.1, 0.15) is 45.9 Å². The van der Waals surface area contributed by atoms with Crippen molar-refractivity contribution < 1.29 is 9.32 Å². The lowest BCUT2D eigenvalue weighted by molar-refractivity contribution is -0.121. The highest BCUT2D eigenvalue weighted by Gasteiger charge is 2.12. The van der Waals surface area contributed by atoms with E-state index < -0.39 is 0 Å². The SMILES string of the molecule is CC(C)CCC(C)NC(=O)CCc1nc(-c2cccs2)no1. The predicted octanol–water partition coefficient (Wildman–Crippen LogP) is 3.67. The van der Waals surface area contributed by atoms with E-state index in [1.165, 1.54) is 0 Å². The quantitative estimate of drug-likeness (QED) is 0.805. The summed E-state index contributed by atoms with van der Waals surface area (Å²) in [5.41, 5.74) is 0. The minimum Gasteiger partial charge on any atom is -0.354 e. The molecule has 6 heteroatoms. The van der Waals surface area contributed by atoms with Crippen LogP contribution in [0.2, 0.25) is 0 Å². The second kappa shape index (κ2) is 8.08. The Bertz CT molecular complexity index is 578. The van der Waals surface area contributed by atoms with Gasteiger partial charge < -0.3 is 9.84 Å². The second-order valence-corrected chi connectivity index (χ2v) is 6.88. The summed E-state index contributed by atoms with van der Waals surface area (Å²) in [5, 5.41) is 8.92. The summed E-state index contributed by atoms with van der Waals surface area (Å²) in [6.07, 6.45) is 2.97. The van der Waals surface area contributed by atoms with Gasteiger partial charge in [-0.3, -0.25) is 4.79 Å². The number of hydrogen-bond acceptors (Lipinski definition) is 5. The molecular formula is C16H23N3O2S. The van der Waals surface area contributed by atoms with Crippen molar-refractivity contribution in [2.45, 2.75) is 52.5 Å². The predicted molar refractivity (Wildman–Crippen MR) is 87.6 cm³/mol. The number of thiophene rings is 1. The van der Waals surface area contributed by atoms with Gasteiger partial charge in [0.05, 0.1) is 4.88 Å². The molecule has 0 saturated carbocycles. The molecule has 1 amide bonds. The van der Waals surface area contributed by atoms with E-state index in [2.05, 4.69) is 29.3 Å². The molecule has 2 aromatic rings. The van der Waals surface area contributed by atoms with E-state index in [4.69, 9.17) is 4.52 Å². The van der Waals surface area contributed by atoms with Crippen LogP contribution in [0.4, 0.5) is 0 Å². The number of amides is 1. The number of rotatable bonds is 8. The van der Waals surface area contributed by atoms with Gasteiger partial charge in [0, 0.05) is 18.9 Å². The number of carbonyl (C=O) groups is 1. The molecule has 0 aliphatic heterocycles. The highest BCUT2D eigenvalue weighted by atomic mass is 32.1. The third kappa shape index (κ3) is 5.26. The molecule has 0 aromatic carbocycles. The van der Waals surface area contributed by atoms with E-state index in [0.717, 1.165) is 17.7 Å². The number of hydrogen-bond donors (Lipinski definition) is 1. The molecule has 2 rings (SSSR count). The van der Waals surface area contributed by atoms with Crippen LogP contribution >= 0.6 is 11.3 Å². The maximum Gasteiger partial charge on any atom is 0.227 e. The van der Waals surface area contributed by atoms with E-state index in [9.17, 15) is 4.79 Å². The van der Waals surface area contributed by atoms with Crippen molar-refractivity contribution in [3.8, 4) is 10.7 Å². The molecule has 120 valence electrons. The van der Waals surface area contributed by atoms with E-state index in [1.807, 2.05) is 24.4 Å². The maximum atomic E-state index is 11.9. The summed E-state index contributed by atoms with van der Waals surface area (Å²) in [6.45, 7) is 6.42. The van der Waals surface area contributed by atoms with Gasteiger partial charge in [-0.25, -0.2) is 0 Å². The van der Waals surface area contributed by atoms with Crippen molar-refractivity contribution >= 4 is 17.2 Å². The van der Waals surface area contributed by atoms with Crippen molar-refractivity contribution in [2.24, 2.45) is 5.92 Å². The second-order valence-electron chi connectivity index (χ2n) is 5.93. The lowest BCUT2D eigenvalue weighted by Gasteiger charge is -2.14. The summed E-state index contributed by atoms with van der Waals surface area (Å²) in [4.78, 5) is 17.2. The van der Waals surface area contributed by atoms with Crippen LogP contribution < -0.4 is 5.32 Å². The van der Waals surface area contributed by atoms with Gasteiger partial charge in [-0.1, -0.05) is 25.1 Å². The van der Waals surface area contributed by atoms with Gasteiger partial charge >= 0.3 is 0 Å². The molecule has 2 heterocycles. The first-order chi connectivity index (χ1) is 10.5. The van der Waals surface area contributed by atoms with E-state index >= 15 is 0 Å². The van der Waals surface area contributed by atoms with Gasteiger partial charge in [0.15, 0.2) is 0 Å². The molecule has 22 heavy (non-hydrogen) atoms. The summed E-state index contributed by atoms with van der Waals surface area (Å²) in [5.74, 6) is 1.80. The Labute approximate surface area is 135 Å². The average Bonchev–Trinajstić information content (AvgIpc) is 3.13. The molecule has 5 nitrogen and oxygen atoms in total. The molecule has 0 saturated heterocycles. The Morgan fingerprint density at radius 3 is 2.86 bits per heavy atom. The minimum absolute atomic E-state index is 0.0344. The van der Waals surface area contributed by atoms with Crippen LogP contribution in [0.5, 0.6) is 0 Å². The van der Waals surface area contributed by atoms with Crippen LogP contribution in [-0.4, -0.2) is 22.1 Å². The Balaban J connectivity index is 1.74. The maximum absolute atomic E-state index is 11.9. The van der Waals surface area contributed by atoms with Crippen molar-refractivity contribution in [3.63, 3.8) is 0 Å². The Morgan fingerprint density at radius 2 is 2.18 bits per heavy atom. The standard InChI is InChI=1S/C16H23N3O2S/c1-11(2)6-7-12(3)17-14(20)8-9-15-18-16(19-21-15)13-5-4-10-22-13/h4-5,10-12H,6-9H2,1-3H3,(H,17,20). The zero-order valence-corrected chi connectivity index (χ0v) is 14.2. The molecule has 0 aliphatic rings. The summed E-state index contributed by atoms with van der Waals surface area (Å²) >= 11 is 1.57. The first kappa shape index (κ1) is 16.7. The third-order valence-electron chi connectivity index (χ3n) is 3.36. The normalized spacial score (nSPS) is 12.5. The minimum atomic E-state index is 0.0344. The fourth-order valence-electron chi connectivity index (χ4n) is 2.09. The molecule has 1 atom stereocenters. The fraction of sp³-hybridized carbons (Fsp3) is 0.562. The van der Waals surface area contributed by atoms with Gasteiger partial charge in [-0.05, 0) is 37.1 Å². The topological polar surface area (TPSA) is 68.0 Å². The molecule has 0 bridgehead atoms. The Morgan fingerprint density at radius 1 is 1.36 bits per heavy atom. The molecule has 0 radical (unpaired) electrons. The number of nitrogens with zero attached hydrogens (tertiary/aromatic N) is 2. The first-order valence-corrected chi connectivity index (χ1v) is 8.58. The van der Waals surface area contributed by atoms with Gasteiger partial charge in [0.25, 0.3) is 0 Å². The van der Waals surface area contributed by atoms with Crippen LogP contribution in [0.15, 0.2) is 22.0 Å². The molecule has 1 N–H and O–H groups in total. The largest absolute Gasteiger partial charge is 0.354 e. The molecule has 0 spiro atoms. The summed E-state index contributed by atoms with van der Waals surface area (Å²) in [6, 6.07) is 4.10. The molecule has 0 aliphatic carbocycles. The molecule has 2 aromatic heterocycles. The lowest BCUT2D eigenvalue weighted by atomic mass is 10.0. The monoisotopic (exact) mass is 321 g/mol. The van der Waals surface area contributed by atoms with Crippen LogP contribution in [-0.2, 0) is 11.2 Å². The Hall–Kier alpha value is -1.69. The van der Waals surface area contributed by atoms with Gasteiger partial charge in [-0.2, -0.15) is 4.98 Å². The van der Waals surface area contributed by atoms with Crippen LogP contribution in [0.25, 0.3) is 10.7 Å². The van der Waals surface area contributed by atoms with Crippen molar-refractivity contribution in [1.82, 2.24) is 15.5 Å². The van der Waals surface area contributed by atoms with Gasteiger partial charge in [0.2, 0.25) is 17.6 Å². The summed E-state index contributed by atoms with van der Waals surface area (Å²) in [7, 11) is 0. The fourth-order valence-corrected chi connectivity index (χ4v) is 2.73. The number of nitrogens with one attached hydrogen (secondary N) is 1. The first-order valence-electron chi connectivity index (χ1n) is 7.70. The zero-order chi connectivity index (χ0) is 15.9. The Kier molecular flexibility index (Phi) is 6.12. The molecule has 0 fully saturated rings. The lowest BCUT2D eigenvalue weighted by Crippen LogP contribution is -2.32. The average molecular weight is 321 g/mol. The number of carbonyl (C=O) groups excluding carboxylic acids is 1. The van der Waals surface area contributed by atoms with Crippen molar-refractivity contribution in [3.05, 3.63) is 23.4 Å². The van der Waals surface area contributed by atoms with Crippen LogP contribution in [0, 0.1) is 5.92 Å². The zero-order valence-electron chi connectivity index (χ0n) is 13.3. The smallest absolute Gasteiger partial charge is 0.227 e. The number of aromatic nitrogens is 2. The highest BCUT2D eigenvalue weighted by molar-refractivity contribution is 7.13. The highest BCUT2D eigenvalue weighted by Crippen LogP contribution is 2.21. The van der Waals surface area contributed by atoms with Crippen LogP contribution in [0.3, 0.4) is 0 Å². The van der Waals surface area contributed by atoms with E-state index in [1.54, 1.807) is 11.3 Å². The summed E-state index contributed by atoms with van der Waals surface area (Å²) < 4.78 is 5.19.